The van der Waals surface area contributed by atoms with Gasteiger partial charge in [0.1, 0.15) is 11.6 Å². The summed E-state index contributed by atoms with van der Waals surface area (Å²) in [5.74, 6) is 1.19. The van der Waals surface area contributed by atoms with E-state index in [0.29, 0.717) is 11.9 Å². The van der Waals surface area contributed by atoms with Crippen LogP contribution < -0.4 is 4.74 Å². The normalized spacial score (nSPS) is 22.6. The highest BCUT2D eigenvalue weighted by molar-refractivity contribution is 8.01. The quantitative estimate of drug-likeness (QED) is 0.833. The molecule has 1 aromatic rings. The summed E-state index contributed by atoms with van der Waals surface area (Å²) in [6.45, 7) is 4.30. The predicted octanol–water partition coefficient (Wildman–Crippen LogP) is 2.33. The maximum absolute atomic E-state index is 12.8. The fraction of sp³-hybridized carbons (Fsp3) is 0.562. The fourth-order valence-corrected chi connectivity index (χ4v) is 4.51. The standard InChI is InChI=1S/C16H20FNO3S/c1-2-20-14-7-16(22-9-14)10-18(11-16)15(19)8-21-13-5-3-12(17)4-6-13/h3-6,14H,2,7-11H2,1H3/t14-/m0/s1. The average Bonchev–Trinajstić information content (AvgIpc) is 2.90. The first-order valence-corrected chi connectivity index (χ1v) is 8.50. The van der Waals surface area contributed by atoms with E-state index in [9.17, 15) is 9.18 Å². The first kappa shape index (κ1) is 15.6. The number of hydrogen-bond donors (Lipinski definition) is 0. The summed E-state index contributed by atoms with van der Waals surface area (Å²) >= 11 is 1.92. The zero-order valence-corrected chi connectivity index (χ0v) is 13.4. The Hall–Kier alpha value is -1.27. The van der Waals surface area contributed by atoms with Crippen molar-refractivity contribution in [3.63, 3.8) is 0 Å². The number of ether oxygens (including phenoxy) is 2. The second kappa shape index (κ2) is 6.46. The first-order chi connectivity index (χ1) is 10.6. The highest BCUT2D eigenvalue weighted by Gasteiger charge is 2.50. The molecule has 2 aliphatic rings. The van der Waals surface area contributed by atoms with E-state index in [2.05, 4.69) is 0 Å². The second-order valence-corrected chi connectivity index (χ2v) is 7.26. The van der Waals surface area contributed by atoms with Gasteiger partial charge in [0.2, 0.25) is 0 Å². The Bertz CT molecular complexity index is 531. The van der Waals surface area contributed by atoms with Gasteiger partial charge in [0, 0.05) is 25.4 Å². The molecule has 1 atom stereocenters. The number of nitrogens with zero attached hydrogens (tertiary/aromatic N) is 1. The second-order valence-electron chi connectivity index (χ2n) is 5.77. The lowest BCUT2D eigenvalue weighted by molar-refractivity contribution is -0.139. The lowest BCUT2D eigenvalue weighted by atomic mass is 9.93. The Balaban J connectivity index is 1.43. The molecule has 0 unspecified atom stereocenters. The van der Waals surface area contributed by atoms with Crippen LogP contribution in [0.25, 0.3) is 0 Å². The zero-order chi connectivity index (χ0) is 15.6. The van der Waals surface area contributed by atoms with Crippen molar-refractivity contribution in [2.24, 2.45) is 0 Å². The predicted molar refractivity (Wildman–Crippen MR) is 83.7 cm³/mol. The Morgan fingerprint density at radius 1 is 1.41 bits per heavy atom. The molecule has 3 rings (SSSR count). The van der Waals surface area contributed by atoms with Crippen LogP contribution in [-0.2, 0) is 9.53 Å². The number of likely N-dealkylation sites (tertiary alicyclic amines) is 1. The summed E-state index contributed by atoms with van der Waals surface area (Å²) in [4.78, 5) is 13.9. The number of carbonyl (C=O) groups is 1. The minimum Gasteiger partial charge on any atom is -0.484 e. The first-order valence-electron chi connectivity index (χ1n) is 7.52. The van der Waals surface area contributed by atoms with Crippen molar-refractivity contribution >= 4 is 17.7 Å². The molecule has 2 heterocycles. The van der Waals surface area contributed by atoms with E-state index in [4.69, 9.17) is 9.47 Å². The SMILES string of the molecule is CCO[C@@H]1CSC2(C1)CN(C(=O)COc1ccc(F)cc1)C2. The molecular formula is C16H20FNO3S. The van der Waals surface area contributed by atoms with Gasteiger partial charge in [0.15, 0.2) is 6.61 Å². The third-order valence-electron chi connectivity index (χ3n) is 4.06. The van der Waals surface area contributed by atoms with Crippen LogP contribution in [0.1, 0.15) is 13.3 Å². The van der Waals surface area contributed by atoms with Gasteiger partial charge in [-0.2, -0.15) is 0 Å². The summed E-state index contributed by atoms with van der Waals surface area (Å²) in [5, 5.41) is 0. The van der Waals surface area contributed by atoms with Crippen LogP contribution in [0.4, 0.5) is 4.39 Å². The third kappa shape index (κ3) is 3.38. The molecule has 0 bridgehead atoms. The minimum atomic E-state index is -0.314. The lowest BCUT2D eigenvalue weighted by Crippen LogP contribution is -2.61. The van der Waals surface area contributed by atoms with Gasteiger partial charge in [-0.1, -0.05) is 0 Å². The molecule has 4 nitrogen and oxygen atoms in total. The average molecular weight is 325 g/mol. The monoisotopic (exact) mass is 325 g/mol. The van der Waals surface area contributed by atoms with E-state index >= 15 is 0 Å². The maximum atomic E-state index is 12.8. The van der Waals surface area contributed by atoms with Crippen LogP contribution in [0, 0.1) is 5.82 Å². The number of carbonyl (C=O) groups excluding carboxylic acids is 1. The van der Waals surface area contributed by atoms with E-state index in [1.807, 2.05) is 23.6 Å². The third-order valence-corrected chi connectivity index (χ3v) is 5.64. The van der Waals surface area contributed by atoms with Gasteiger partial charge in [-0.05, 0) is 37.6 Å². The van der Waals surface area contributed by atoms with Gasteiger partial charge >= 0.3 is 0 Å². The number of amides is 1. The molecule has 2 fully saturated rings. The molecular weight excluding hydrogens is 305 g/mol. The molecule has 22 heavy (non-hydrogen) atoms. The van der Waals surface area contributed by atoms with E-state index in [-0.39, 0.29) is 23.1 Å². The Morgan fingerprint density at radius 3 is 2.82 bits per heavy atom. The number of halogens is 1. The van der Waals surface area contributed by atoms with Gasteiger partial charge in [0.25, 0.3) is 5.91 Å². The van der Waals surface area contributed by atoms with Gasteiger partial charge in [-0.15, -0.1) is 11.8 Å². The topological polar surface area (TPSA) is 38.8 Å². The molecule has 0 aromatic heterocycles. The van der Waals surface area contributed by atoms with Crippen molar-refractivity contribution in [1.29, 1.82) is 0 Å². The molecule has 1 aromatic carbocycles. The number of rotatable bonds is 5. The highest BCUT2D eigenvalue weighted by atomic mass is 32.2. The Labute approximate surface area is 134 Å². The zero-order valence-electron chi connectivity index (χ0n) is 12.6. The summed E-state index contributed by atoms with van der Waals surface area (Å²) in [5.41, 5.74) is 0. The van der Waals surface area contributed by atoms with E-state index in [1.165, 1.54) is 24.3 Å². The molecule has 0 N–H and O–H groups in total. The molecule has 2 aliphatic heterocycles. The summed E-state index contributed by atoms with van der Waals surface area (Å²) < 4.78 is 24.0. The van der Waals surface area contributed by atoms with Crippen molar-refractivity contribution in [1.82, 2.24) is 4.90 Å². The molecule has 0 saturated carbocycles. The summed E-state index contributed by atoms with van der Waals surface area (Å²) in [6, 6.07) is 5.70. The van der Waals surface area contributed by atoms with Crippen LogP contribution in [-0.4, -0.2) is 53.7 Å². The van der Waals surface area contributed by atoms with Crippen LogP contribution in [0.2, 0.25) is 0 Å². The molecule has 1 amide bonds. The van der Waals surface area contributed by atoms with Crippen LogP contribution >= 0.6 is 11.8 Å². The molecule has 0 radical (unpaired) electrons. The van der Waals surface area contributed by atoms with Gasteiger partial charge in [-0.25, -0.2) is 4.39 Å². The number of hydrogen-bond acceptors (Lipinski definition) is 4. The van der Waals surface area contributed by atoms with E-state index < -0.39 is 0 Å². The number of thioether (sulfide) groups is 1. The lowest BCUT2D eigenvalue weighted by Gasteiger charge is -2.47. The van der Waals surface area contributed by atoms with Crippen LogP contribution in [0.3, 0.4) is 0 Å². The van der Waals surface area contributed by atoms with E-state index in [0.717, 1.165) is 31.9 Å². The Kier molecular flexibility index (Phi) is 4.59. The summed E-state index contributed by atoms with van der Waals surface area (Å²) in [6.07, 6.45) is 1.34. The van der Waals surface area contributed by atoms with Crippen molar-refractivity contribution < 1.29 is 18.7 Å². The molecule has 1 spiro atoms. The van der Waals surface area contributed by atoms with Gasteiger partial charge in [0.05, 0.1) is 10.9 Å². The van der Waals surface area contributed by atoms with Gasteiger partial charge < -0.3 is 14.4 Å². The maximum Gasteiger partial charge on any atom is 0.260 e. The highest BCUT2D eigenvalue weighted by Crippen LogP contribution is 2.45. The molecule has 6 heteroatoms. The van der Waals surface area contributed by atoms with Crippen molar-refractivity contribution in [2.45, 2.75) is 24.2 Å². The molecule has 0 aliphatic carbocycles. The Morgan fingerprint density at radius 2 is 2.14 bits per heavy atom. The molecule has 120 valence electrons. The van der Waals surface area contributed by atoms with Crippen LogP contribution in [0.15, 0.2) is 24.3 Å². The summed E-state index contributed by atoms with van der Waals surface area (Å²) in [7, 11) is 0. The van der Waals surface area contributed by atoms with Crippen molar-refractivity contribution in [3.05, 3.63) is 30.1 Å². The molecule has 2 saturated heterocycles. The van der Waals surface area contributed by atoms with Gasteiger partial charge in [-0.3, -0.25) is 4.79 Å². The smallest absolute Gasteiger partial charge is 0.260 e. The number of benzene rings is 1. The largest absolute Gasteiger partial charge is 0.484 e. The van der Waals surface area contributed by atoms with E-state index in [1.54, 1.807) is 0 Å². The fourth-order valence-electron chi connectivity index (χ4n) is 2.96. The van der Waals surface area contributed by atoms with Crippen molar-refractivity contribution in [2.75, 3.05) is 32.1 Å². The minimum absolute atomic E-state index is 0.00126. The van der Waals surface area contributed by atoms with Crippen molar-refractivity contribution in [3.8, 4) is 5.75 Å². The van der Waals surface area contributed by atoms with Crippen LogP contribution in [0.5, 0.6) is 5.75 Å².